The van der Waals surface area contributed by atoms with Crippen LogP contribution in [0.4, 0.5) is 0 Å². The van der Waals surface area contributed by atoms with Crippen LogP contribution in [0.25, 0.3) is 0 Å². The Hall–Kier alpha value is 0.700. The molecule has 0 N–H and O–H groups in total. The zero-order valence-electron chi connectivity index (χ0n) is 4.22. The van der Waals surface area contributed by atoms with Gasteiger partial charge in [0.1, 0.15) is 0 Å². The van der Waals surface area contributed by atoms with Gasteiger partial charge in [-0.05, 0) is 12.8 Å². The van der Waals surface area contributed by atoms with Crippen LogP contribution in [0, 0.1) is 5.75 Å². The first kappa shape index (κ1) is 5.83. The van der Waals surface area contributed by atoms with E-state index in [-0.39, 0.29) is 0 Å². The molecule has 1 radical (unpaired) electrons. The summed E-state index contributed by atoms with van der Waals surface area (Å²) in [5, 5.41) is 0. The quantitative estimate of drug-likeness (QED) is 0.466. The van der Waals surface area contributed by atoms with Gasteiger partial charge in [-0.2, -0.15) is 0 Å². The Bertz CT molecular complexity index is 25.7. The molecule has 0 aromatic carbocycles. The highest BCUT2D eigenvalue weighted by molar-refractivity contribution is 8.77. The van der Waals surface area contributed by atoms with E-state index in [0.717, 1.165) is 0 Å². The average Bonchev–Trinajstić information content (AvgIpc) is 1.90. The summed E-state index contributed by atoms with van der Waals surface area (Å²) >= 11 is 0. The van der Waals surface area contributed by atoms with Crippen molar-refractivity contribution in [3.63, 3.8) is 0 Å². The minimum absolute atomic E-state index is 1.32. The highest BCUT2D eigenvalue weighted by Crippen LogP contribution is 2.30. The molecule has 0 bridgehead atoms. The van der Waals surface area contributed by atoms with Crippen molar-refractivity contribution < 1.29 is 0 Å². The molecule has 1 saturated heterocycles. The molecule has 2 heteroatoms. The fourth-order valence-electron chi connectivity index (χ4n) is 0.533. The summed E-state index contributed by atoms with van der Waals surface area (Å²) in [6.07, 6.45) is 4.13. The van der Waals surface area contributed by atoms with Gasteiger partial charge < -0.3 is 0 Å². The maximum Gasteiger partial charge on any atom is 0.0278 e. The second-order valence-electron chi connectivity index (χ2n) is 1.58. The predicted molar refractivity (Wildman–Crippen MR) is 38.2 cm³/mol. The molecule has 1 aliphatic rings. The molecule has 0 saturated carbocycles. The van der Waals surface area contributed by atoms with Crippen LogP contribution in [-0.4, -0.2) is 5.75 Å². The SMILES string of the molecule is [CH]1CCCCSS1. The van der Waals surface area contributed by atoms with Crippen molar-refractivity contribution in [2.75, 3.05) is 5.75 Å². The fourth-order valence-corrected chi connectivity index (χ4v) is 2.53. The van der Waals surface area contributed by atoms with Gasteiger partial charge in [-0.25, -0.2) is 0 Å². The molecule has 0 spiro atoms. The zero-order valence-corrected chi connectivity index (χ0v) is 5.86. The summed E-state index contributed by atoms with van der Waals surface area (Å²) in [7, 11) is 3.88. The van der Waals surface area contributed by atoms with Crippen molar-refractivity contribution in [2.45, 2.75) is 19.3 Å². The lowest BCUT2D eigenvalue weighted by atomic mass is 10.3. The van der Waals surface area contributed by atoms with Gasteiger partial charge in [-0.15, -0.1) is 0 Å². The number of hydrogen-bond acceptors (Lipinski definition) is 2. The van der Waals surface area contributed by atoms with Gasteiger partial charge in [-0.1, -0.05) is 28.0 Å². The van der Waals surface area contributed by atoms with Crippen molar-refractivity contribution in [1.82, 2.24) is 0 Å². The summed E-state index contributed by atoms with van der Waals surface area (Å²) in [6.45, 7) is 0. The van der Waals surface area contributed by atoms with Crippen LogP contribution >= 0.6 is 21.6 Å². The second kappa shape index (κ2) is 3.67. The molecule has 1 rings (SSSR count). The first-order valence-corrected chi connectivity index (χ1v) is 4.98. The molecular weight excluding hydrogens is 124 g/mol. The smallest absolute Gasteiger partial charge is 0.0278 e. The van der Waals surface area contributed by atoms with Crippen LogP contribution in [0.3, 0.4) is 0 Å². The summed E-state index contributed by atoms with van der Waals surface area (Å²) < 4.78 is 0. The van der Waals surface area contributed by atoms with Gasteiger partial charge in [0.15, 0.2) is 0 Å². The van der Waals surface area contributed by atoms with E-state index in [1.54, 1.807) is 0 Å². The van der Waals surface area contributed by atoms with Crippen LogP contribution in [0.5, 0.6) is 0 Å². The normalized spacial score (nSPS) is 24.0. The van der Waals surface area contributed by atoms with E-state index in [4.69, 9.17) is 0 Å². The van der Waals surface area contributed by atoms with Crippen molar-refractivity contribution in [1.29, 1.82) is 0 Å². The van der Waals surface area contributed by atoms with Crippen molar-refractivity contribution in [3.8, 4) is 0 Å². The van der Waals surface area contributed by atoms with Crippen LogP contribution in [0.2, 0.25) is 0 Å². The van der Waals surface area contributed by atoms with Gasteiger partial charge in [0, 0.05) is 11.5 Å². The summed E-state index contributed by atoms with van der Waals surface area (Å²) in [4.78, 5) is 0. The van der Waals surface area contributed by atoms with Gasteiger partial charge >= 0.3 is 0 Å². The van der Waals surface area contributed by atoms with Crippen LogP contribution in [0.15, 0.2) is 0 Å². The summed E-state index contributed by atoms with van der Waals surface area (Å²) in [5.41, 5.74) is 0. The lowest BCUT2D eigenvalue weighted by molar-refractivity contribution is 0.819. The van der Waals surface area contributed by atoms with Crippen LogP contribution in [-0.2, 0) is 0 Å². The Balaban J connectivity index is 2.04. The Labute approximate surface area is 52.8 Å². The highest BCUT2D eigenvalue weighted by atomic mass is 33.1. The largest absolute Gasteiger partial charge is 0.0938 e. The maximum absolute atomic E-state index is 2.30. The standard InChI is InChI=1S/C5H9S2/c1-2-4-6-7-5-3-1/h4H,1-3,5H2. The molecule has 0 aromatic rings. The molecule has 1 fully saturated rings. The van der Waals surface area contributed by atoms with Crippen molar-refractivity contribution in [2.24, 2.45) is 0 Å². The van der Waals surface area contributed by atoms with E-state index >= 15 is 0 Å². The molecule has 7 heavy (non-hydrogen) atoms. The molecule has 0 amide bonds. The van der Waals surface area contributed by atoms with Crippen molar-refractivity contribution >= 4 is 21.6 Å². The Kier molecular flexibility index (Phi) is 3.06. The fraction of sp³-hybridized carbons (Fsp3) is 0.800. The van der Waals surface area contributed by atoms with Crippen LogP contribution < -0.4 is 0 Å². The molecule has 1 heterocycles. The third kappa shape index (κ3) is 2.50. The molecule has 1 aliphatic heterocycles. The van der Waals surface area contributed by atoms with Gasteiger partial charge in [0.25, 0.3) is 0 Å². The molecule has 0 nitrogen and oxygen atoms in total. The Morgan fingerprint density at radius 3 is 3.29 bits per heavy atom. The Morgan fingerprint density at radius 2 is 2.29 bits per heavy atom. The monoisotopic (exact) mass is 133 g/mol. The van der Waals surface area contributed by atoms with E-state index in [1.165, 1.54) is 25.0 Å². The van der Waals surface area contributed by atoms with E-state index in [1.807, 2.05) is 21.6 Å². The number of hydrogen-bond donors (Lipinski definition) is 0. The first-order chi connectivity index (χ1) is 3.50. The van der Waals surface area contributed by atoms with Gasteiger partial charge in [-0.3, -0.25) is 0 Å². The predicted octanol–water partition coefficient (Wildman–Crippen LogP) is 2.71. The Morgan fingerprint density at radius 1 is 1.29 bits per heavy atom. The first-order valence-electron chi connectivity index (χ1n) is 2.60. The van der Waals surface area contributed by atoms with E-state index in [0.29, 0.717) is 0 Å². The van der Waals surface area contributed by atoms with E-state index < -0.39 is 0 Å². The van der Waals surface area contributed by atoms with Crippen molar-refractivity contribution in [3.05, 3.63) is 5.75 Å². The van der Waals surface area contributed by atoms with Gasteiger partial charge in [0.2, 0.25) is 0 Å². The second-order valence-corrected chi connectivity index (χ2v) is 4.03. The third-order valence-electron chi connectivity index (χ3n) is 0.936. The van der Waals surface area contributed by atoms with Gasteiger partial charge in [0.05, 0.1) is 0 Å². The molecule has 41 valence electrons. The van der Waals surface area contributed by atoms with E-state index in [9.17, 15) is 0 Å². The lowest BCUT2D eigenvalue weighted by Crippen LogP contribution is -1.71. The third-order valence-corrected chi connectivity index (χ3v) is 3.22. The van der Waals surface area contributed by atoms with Crippen LogP contribution in [0.1, 0.15) is 19.3 Å². The topological polar surface area (TPSA) is 0 Å². The molecular formula is C5H9S2. The van der Waals surface area contributed by atoms with E-state index in [2.05, 4.69) is 5.75 Å². The highest BCUT2D eigenvalue weighted by Gasteiger charge is 1.96. The summed E-state index contributed by atoms with van der Waals surface area (Å²) in [5.74, 6) is 3.65. The zero-order chi connectivity index (χ0) is 4.95. The number of rotatable bonds is 0. The molecule has 0 aromatic heterocycles. The minimum atomic E-state index is 1.32. The average molecular weight is 133 g/mol. The molecule has 0 aliphatic carbocycles. The maximum atomic E-state index is 2.30. The summed E-state index contributed by atoms with van der Waals surface area (Å²) in [6, 6.07) is 0. The lowest BCUT2D eigenvalue weighted by Gasteiger charge is -1.85. The molecule has 0 unspecified atom stereocenters. The molecule has 0 atom stereocenters. The minimum Gasteiger partial charge on any atom is -0.0938 e.